The van der Waals surface area contributed by atoms with Crippen LogP contribution in [0.1, 0.15) is 50.9 Å². The Morgan fingerprint density at radius 2 is 1.25 bits per heavy atom. The zero-order chi connectivity index (χ0) is 35.6. The number of phenols is 2. The van der Waals surface area contributed by atoms with Crippen molar-refractivity contribution >= 4 is 53.2 Å². The third-order valence-corrected chi connectivity index (χ3v) is 11.0. The largest absolute Gasteiger partial charge is 0.508 e. The normalized spacial score (nSPS) is 24.5. The maximum Gasteiger partial charge on any atom is 0.322 e. The number of carboxylic acid groups (broad SMARTS) is 2. The van der Waals surface area contributed by atoms with Crippen LogP contribution >= 0.6 is 23.5 Å². The van der Waals surface area contributed by atoms with Crippen LogP contribution in [0.4, 0.5) is 0 Å². The minimum absolute atomic E-state index is 0.0112. The Morgan fingerprint density at radius 3 is 1.75 bits per heavy atom. The summed E-state index contributed by atoms with van der Waals surface area (Å²) in [4.78, 5) is 64.9. The van der Waals surface area contributed by atoms with E-state index < -0.39 is 80.1 Å². The van der Waals surface area contributed by atoms with Gasteiger partial charge in [0.15, 0.2) is 0 Å². The molecule has 2 aromatic rings. The molecule has 17 heteroatoms. The number of nitrogens with two attached hydrogens (primary N) is 1. The van der Waals surface area contributed by atoms with Gasteiger partial charge in [-0.3, -0.25) is 34.6 Å². The quantitative estimate of drug-likeness (QED) is 0.143. The van der Waals surface area contributed by atoms with Crippen LogP contribution in [-0.4, -0.2) is 95.0 Å². The van der Waals surface area contributed by atoms with Crippen LogP contribution in [0, 0.1) is 0 Å². The topological polar surface area (TPSA) is 252 Å². The van der Waals surface area contributed by atoms with Crippen molar-refractivity contribution in [2.24, 2.45) is 5.73 Å². The van der Waals surface area contributed by atoms with E-state index in [1.165, 1.54) is 60.3 Å². The smallest absolute Gasteiger partial charge is 0.322 e. The number of carboxylic acids is 2. The van der Waals surface area contributed by atoms with E-state index in [1.807, 2.05) is 0 Å². The van der Waals surface area contributed by atoms with Crippen LogP contribution in [0.15, 0.2) is 48.5 Å². The third-order valence-electron chi connectivity index (χ3n) is 8.10. The van der Waals surface area contributed by atoms with E-state index in [0.717, 1.165) is 11.8 Å². The minimum Gasteiger partial charge on any atom is -0.508 e. The number of hydrogen-bond acceptors (Lipinski definition) is 12. The lowest BCUT2D eigenvalue weighted by Crippen LogP contribution is -2.59. The fraction of sp³-hybridized carbons (Fsp3) is 0.452. The molecule has 48 heavy (non-hydrogen) atoms. The molecule has 7 atom stereocenters. The first-order chi connectivity index (χ1) is 22.4. The van der Waals surface area contributed by atoms with Gasteiger partial charge in [0, 0.05) is 16.0 Å². The van der Waals surface area contributed by atoms with Gasteiger partial charge in [0.25, 0.3) is 0 Å². The maximum absolute atomic E-state index is 14.1. The summed E-state index contributed by atoms with van der Waals surface area (Å²) in [5, 5.41) is 51.4. The van der Waals surface area contributed by atoms with E-state index in [1.54, 1.807) is 27.7 Å². The van der Waals surface area contributed by atoms with Crippen LogP contribution in [0.2, 0.25) is 0 Å². The van der Waals surface area contributed by atoms with Crippen molar-refractivity contribution < 1.29 is 44.4 Å². The number of aromatic hydroxyl groups is 2. The number of carbonyl (C=O) groups is 5. The molecule has 11 N–H and O–H groups in total. The molecule has 0 aromatic heterocycles. The molecule has 15 nitrogen and oxygen atoms in total. The van der Waals surface area contributed by atoms with Crippen molar-refractivity contribution in [3.8, 4) is 11.5 Å². The average Bonchev–Trinajstić information content (AvgIpc) is 3.51. The van der Waals surface area contributed by atoms with Crippen molar-refractivity contribution in [1.29, 1.82) is 0 Å². The van der Waals surface area contributed by atoms with E-state index in [-0.39, 0.29) is 23.6 Å². The molecule has 0 aliphatic carbocycles. The third kappa shape index (κ3) is 8.51. The predicted molar refractivity (Wildman–Crippen MR) is 179 cm³/mol. The number of amides is 3. The van der Waals surface area contributed by atoms with E-state index in [9.17, 15) is 44.4 Å². The number of nitrogens with one attached hydrogen (secondary N) is 5. The molecule has 2 aliphatic rings. The maximum atomic E-state index is 14.1. The Bertz CT molecular complexity index is 1540. The molecule has 0 bridgehead atoms. The van der Waals surface area contributed by atoms with Gasteiger partial charge in [-0.15, -0.1) is 23.5 Å². The SMILES string of the molecule is CC1(C)SC(CNC(=O)[C@H](NC(=O)C(NC(=O)[C@H](N)c2ccc(O)cc2)C2N[C@@H](C(=O)O)C(C)(C)S2)c2ccc(O)cc2)NC1C(=O)O. The van der Waals surface area contributed by atoms with E-state index in [0.29, 0.717) is 5.56 Å². The van der Waals surface area contributed by atoms with Crippen molar-refractivity contribution in [3.63, 3.8) is 0 Å². The first-order valence-electron chi connectivity index (χ1n) is 14.9. The van der Waals surface area contributed by atoms with Crippen LogP contribution < -0.4 is 32.3 Å². The fourth-order valence-corrected chi connectivity index (χ4v) is 8.40. The monoisotopic (exact) mass is 704 g/mol. The lowest BCUT2D eigenvalue weighted by Gasteiger charge is -2.28. The van der Waals surface area contributed by atoms with E-state index in [4.69, 9.17) is 5.73 Å². The highest BCUT2D eigenvalue weighted by atomic mass is 32.2. The average molecular weight is 705 g/mol. The molecule has 2 heterocycles. The Morgan fingerprint density at radius 1 is 0.750 bits per heavy atom. The summed E-state index contributed by atoms with van der Waals surface area (Å²) in [6, 6.07) is 5.17. The second kappa shape index (κ2) is 14.6. The van der Waals surface area contributed by atoms with Gasteiger partial charge < -0.3 is 42.1 Å². The van der Waals surface area contributed by atoms with Crippen LogP contribution in [0.3, 0.4) is 0 Å². The summed E-state index contributed by atoms with van der Waals surface area (Å²) < 4.78 is -1.56. The first kappa shape index (κ1) is 36.8. The molecular weight excluding hydrogens is 665 g/mol. The van der Waals surface area contributed by atoms with E-state index >= 15 is 0 Å². The van der Waals surface area contributed by atoms with E-state index in [2.05, 4.69) is 26.6 Å². The Labute approximate surface area is 285 Å². The van der Waals surface area contributed by atoms with Gasteiger partial charge in [-0.2, -0.15) is 0 Å². The number of carbonyl (C=O) groups excluding carboxylic acids is 3. The van der Waals surface area contributed by atoms with Crippen molar-refractivity contribution in [3.05, 3.63) is 59.7 Å². The standard InChI is InChI=1S/C31H40N6O9S2/c1-30(2)22(28(43)44)34-18(47-30)13-33-25(41)20(15-7-11-17(39)12-8-15)35-26(42)21(27-37-23(29(45)46)31(3,4)48-27)36-24(40)19(32)14-5-9-16(38)10-6-14/h5-12,18-23,27,34,37-39H,13,32H2,1-4H3,(H,33,41)(H,35,42)(H,36,40)(H,43,44)(H,45,46)/t18?,19-,20-,21?,22?,23+,27?/m1/s1. The van der Waals surface area contributed by atoms with Gasteiger partial charge in [0.05, 0.1) is 10.7 Å². The van der Waals surface area contributed by atoms with Gasteiger partial charge in [0.2, 0.25) is 17.7 Å². The number of benzene rings is 2. The molecule has 0 saturated carbocycles. The van der Waals surface area contributed by atoms with Crippen LogP contribution in [-0.2, 0) is 24.0 Å². The molecule has 3 amide bonds. The van der Waals surface area contributed by atoms with Crippen molar-refractivity contribution in [1.82, 2.24) is 26.6 Å². The van der Waals surface area contributed by atoms with Gasteiger partial charge in [-0.05, 0) is 63.1 Å². The zero-order valence-corrected chi connectivity index (χ0v) is 28.2. The summed E-state index contributed by atoms with van der Waals surface area (Å²) in [5.41, 5.74) is 6.82. The zero-order valence-electron chi connectivity index (χ0n) is 26.6. The van der Waals surface area contributed by atoms with Crippen LogP contribution in [0.5, 0.6) is 11.5 Å². The molecule has 2 saturated heterocycles. The first-order valence-corrected chi connectivity index (χ1v) is 16.7. The molecule has 4 rings (SSSR count). The summed E-state index contributed by atoms with van der Waals surface area (Å²) in [7, 11) is 0. The van der Waals surface area contributed by atoms with Gasteiger partial charge in [-0.1, -0.05) is 24.3 Å². The number of hydrogen-bond donors (Lipinski definition) is 10. The predicted octanol–water partition coefficient (Wildman–Crippen LogP) is 0.345. The van der Waals surface area contributed by atoms with Crippen LogP contribution in [0.25, 0.3) is 0 Å². The summed E-state index contributed by atoms with van der Waals surface area (Å²) in [6.45, 7) is 6.92. The second-order valence-electron chi connectivity index (χ2n) is 12.6. The Kier molecular flexibility index (Phi) is 11.2. The highest BCUT2D eigenvalue weighted by molar-refractivity contribution is 8.01. The summed E-state index contributed by atoms with van der Waals surface area (Å²) >= 11 is 2.46. The molecule has 4 unspecified atom stereocenters. The number of phenolic OH excluding ortho intramolecular Hbond substituents is 2. The number of rotatable bonds is 12. The summed E-state index contributed by atoms with van der Waals surface area (Å²) in [5.74, 6) is -4.57. The Balaban J connectivity index is 1.59. The van der Waals surface area contributed by atoms with Gasteiger partial charge >= 0.3 is 11.9 Å². The van der Waals surface area contributed by atoms with Crippen molar-refractivity contribution in [2.45, 2.75) is 78.1 Å². The minimum atomic E-state index is -1.43. The molecule has 2 aromatic carbocycles. The Hall–Kier alpha value is -4.03. The second-order valence-corrected chi connectivity index (χ2v) is 16.2. The summed E-state index contributed by atoms with van der Waals surface area (Å²) in [6.07, 6.45) is 0. The van der Waals surface area contributed by atoms with Crippen molar-refractivity contribution in [2.75, 3.05) is 6.54 Å². The number of aliphatic carboxylic acids is 2. The van der Waals surface area contributed by atoms with Gasteiger partial charge in [-0.25, -0.2) is 0 Å². The lowest BCUT2D eigenvalue weighted by molar-refractivity contribution is -0.141. The molecule has 2 fully saturated rings. The fourth-order valence-electron chi connectivity index (χ4n) is 5.50. The molecular formula is C31H40N6O9S2. The molecule has 0 radical (unpaired) electrons. The number of thioether (sulfide) groups is 2. The van der Waals surface area contributed by atoms with Gasteiger partial charge in [0.1, 0.15) is 41.7 Å². The molecule has 0 spiro atoms. The highest BCUT2D eigenvalue weighted by Gasteiger charge is 2.50. The molecule has 2 aliphatic heterocycles. The molecule has 260 valence electrons. The lowest BCUT2D eigenvalue weighted by atomic mass is 10.0. The highest BCUT2D eigenvalue weighted by Crippen LogP contribution is 2.40.